The number of nitrogens with zero attached hydrogens (tertiary/aromatic N) is 5. The van der Waals surface area contributed by atoms with Crippen LogP contribution in [-0.2, 0) is 26.1 Å². The third-order valence-corrected chi connectivity index (χ3v) is 11.7. The fourth-order valence-electron chi connectivity index (χ4n) is 6.88. The van der Waals surface area contributed by atoms with Crippen molar-refractivity contribution in [1.82, 2.24) is 23.9 Å². The molecule has 3 N–H and O–H groups in total. The highest BCUT2D eigenvalue weighted by Gasteiger charge is 2.46. The highest BCUT2D eigenvalue weighted by atomic mass is 32.2. The van der Waals surface area contributed by atoms with E-state index in [1.54, 1.807) is 19.9 Å². The number of carbonyl (C=O) groups is 1. The number of aliphatic hydroxyl groups excluding tert-OH is 1. The van der Waals surface area contributed by atoms with Gasteiger partial charge in [0.15, 0.2) is 5.65 Å². The van der Waals surface area contributed by atoms with E-state index in [1.165, 1.54) is 10.4 Å². The minimum atomic E-state index is -4.08. The number of nitrogens with one attached hydrogen (secondary N) is 1. The van der Waals surface area contributed by atoms with E-state index < -0.39 is 32.9 Å². The van der Waals surface area contributed by atoms with Crippen LogP contribution in [0, 0.1) is 26.2 Å². The molecule has 1 saturated heterocycles. The lowest BCUT2D eigenvalue weighted by Gasteiger charge is -2.38. The summed E-state index contributed by atoms with van der Waals surface area (Å²) in [6.45, 7) is 10.6. The molecular weight excluding hydrogens is 648 g/mol. The molecule has 13 nitrogen and oxygen atoms in total. The van der Waals surface area contributed by atoms with Crippen molar-refractivity contribution in [3.05, 3.63) is 76.2 Å². The van der Waals surface area contributed by atoms with Gasteiger partial charge in [-0.2, -0.15) is 9.29 Å². The van der Waals surface area contributed by atoms with Crippen molar-refractivity contribution < 1.29 is 32.9 Å². The summed E-state index contributed by atoms with van der Waals surface area (Å²) in [6.07, 6.45) is 3.35. The molecule has 3 aromatic heterocycles. The third-order valence-electron chi connectivity index (χ3n) is 9.94. The number of ether oxygens (including phenoxy) is 2. The molecule has 2 aliphatic heterocycles. The van der Waals surface area contributed by atoms with Crippen LogP contribution in [0.4, 0.5) is 5.82 Å². The van der Waals surface area contributed by atoms with Crippen LogP contribution in [0.5, 0.6) is 5.88 Å². The zero-order valence-electron chi connectivity index (χ0n) is 28.6. The van der Waals surface area contributed by atoms with Crippen LogP contribution in [0.15, 0.2) is 47.5 Å². The average molecular weight is 693 g/mol. The summed E-state index contributed by atoms with van der Waals surface area (Å²) in [7, 11) is -4.08. The van der Waals surface area contributed by atoms with Crippen molar-refractivity contribution in [1.29, 1.82) is 0 Å². The Kier molecular flexibility index (Phi) is 9.44. The number of anilines is 1. The second kappa shape index (κ2) is 13.3. The molecular formula is C35H44N6O7S. The van der Waals surface area contributed by atoms with Gasteiger partial charge in [-0.15, -0.1) is 10.2 Å². The van der Waals surface area contributed by atoms with Crippen molar-refractivity contribution >= 4 is 27.5 Å². The van der Waals surface area contributed by atoms with Crippen molar-refractivity contribution in [2.45, 2.75) is 76.8 Å². The zero-order chi connectivity index (χ0) is 35.1. The first-order chi connectivity index (χ1) is 23.3. The maximum absolute atomic E-state index is 14.4. The van der Waals surface area contributed by atoms with Crippen LogP contribution in [-0.4, -0.2) is 87.0 Å². The minimum absolute atomic E-state index is 0.0187. The molecule has 1 fully saturated rings. The molecule has 1 spiro atoms. The van der Waals surface area contributed by atoms with Gasteiger partial charge in [-0.3, -0.25) is 9.20 Å². The van der Waals surface area contributed by atoms with Crippen LogP contribution in [0.25, 0.3) is 5.65 Å². The molecule has 262 valence electrons. The standard InChI is InChI=1S/C35H44N6O7S/c1-22-7-8-25(30(34(4,5)33(43)44)27-11-15-41-24(3)38-39-31(41)23(27)2)19-26(22)20-40-21-35(12-17-47-18-13-35)48-32-28(49(40,45)46)9-10-29(37-32)36-14-6-16-42/h7-11,15,19,30,42H,6,12-14,16-18,20-21H2,1-5H3,(H,36,37)(H,43,44)/t30-/m1/s1. The zero-order valence-corrected chi connectivity index (χ0v) is 29.4. The van der Waals surface area contributed by atoms with Crippen molar-refractivity contribution in [3.8, 4) is 5.88 Å². The lowest BCUT2D eigenvalue weighted by molar-refractivity contribution is -0.147. The minimum Gasteiger partial charge on any atom is -0.481 e. The number of aryl methyl sites for hydroxylation is 3. The maximum atomic E-state index is 14.4. The number of rotatable bonds is 10. The van der Waals surface area contributed by atoms with E-state index in [9.17, 15) is 23.4 Å². The first kappa shape index (κ1) is 34.7. The Morgan fingerprint density at radius 2 is 1.86 bits per heavy atom. The van der Waals surface area contributed by atoms with Gasteiger partial charge in [0.2, 0.25) is 15.9 Å². The summed E-state index contributed by atoms with van der Waals surface area (Å²) < 4.78 is 44.4. The molecule has 1 atom stereocenters. The third kappa shape index (κ3) is 6.50. The normalized spacial score (nSPS) is 18.1. The fraction of sp³-hybridized carbons (Fsp3) is 0.486. The highest BCUT2D eigenvalue weighted by molar-refractivity contribution is 7.89. The summed E-state index contributed by atoms with van der Waals surface area (Å²) in [4.78, 5) is 17.3. The lowest BCUT2D eigenvalue weighted by atomic mass is 9.70. The van der Waals surface area contributed by atoms with E-state index in [2.05, 4.69) is 20.5 Å². The Labute approximate surface area is 286 Å². The van der Waals surface area contributed by atoms with E-state index >= 15 is 0 Å². The van der Waals surface area contributed by atoms with E-state index in [0.29, 0.717) is 50.5 Å². The molecule has 6 rings (SSSR count). The average Bonchev–Trinajstić information content (AvgIpc) is 3.41. The van der Waals surface area contributed by atoms with Gasteiger partial charge in [0, 0.05) is 44.7 Å². The van der Waals surface area contributed by atoms with Gasteiger partial charge in [-0.05, 0) is 87.1 Å². The molecule has 2 aliphatic rings. The molecule has 0 amide bonds. The molecule has 0 saturated carbocycles. The number of sulfonamides is 1. The van der Waals surface area contributed by atoms with E-state index in [1.807, 2.05) is 55.6 Å². The number of aliphatic carboxylic acids is 1. The molecule has 5 heterocycles. The van der Waals surface area contributed by atoms with Gasteiger partial charge in [0.05, 0.1) is 25.2 Å². The number of fused-ring (bicyclic) bond motifs is 2. The molecule has 0 aliphatic carbocycles. The predicted octanol–water partition coefficient (Wildman–Crippen LogP) is 4.22. The molecule has 14 heteroatoms. The SMILES string of the molecule is Cc1ccc([C@H](c2ccn3c(C)nnc3c2C)C(C)(C)C(=O)O)cc1CN1CC2(CCOCC2)Oc2nc(NCCCO)ccc2S1(=O)=O. The Bertz CT molecular complexity index is 1990. The molecule has 0 radical (unpaired) electrons. The van der Waals surface area contributed by atoms with E-state index in [4.69, 9.17) is 9.47 Å². The van der Waals surface area contributed by atoms with Gasteiger partial charge in [0.25, 0.3) is 0 Å². The molecule has 4 aromatic rings. The second-order valence-corrected chi connectivity index (χ2v) is 15.6. The van der Waals surface area contributed by atoms with Gasteiger partial charge >= 0.3 is 5.97 Å². The van der Waals surface area contributed by atoms with Gasteiger partial charge in [0.1, 0.15) is 22.1 Å². The Morgan fingerprint density at radius 3 is 2.57 bits per heavy atom. The number of carboxylic acids is 1. The molecule has 0 unspecified atom stereocenters. The molecule has 49 heavy (non-hydrogen) atoms. The summed E-state index contributed by atoms with van der Waals surface area (Å²) in [5.41, 5.74) is 2.59. The topological polar surface area (TPSA) is 168 Å². The van der Waals surface area contributed by atoms with Crippen molar-refractivity contribution in [2.24, 2.45) is 5.41 Å². The van der Waals surface area contributed by atoms with Crippen LogP contribution in [0.2, 0.25) is 0 Å². The number of benzene rings is 1. The first-order valence-corrected chi connectivity index (χ1v) is 18.0. The highest BCUT2D eigenvalue weighted by Crippen LogP contribution is 2.44. The quantitative estimate of drug-likeness (QED) is 0.204. The van der Waals surface area contributed by atoms with Crippen LogP contribution in [0.3, 0.4) is 0 Å². The Balaban J connectivity index is 1.43. The maximum Gasteiger partial charge on any atom is 0.310 e. The Hall–Kier alpha value is -4.11. The van der Waals surface area contributed by atoms with Crippen molar-refractivity contribution in [3.63, 3.8) is 0 Å². The van der Waals surface area contributed by atoms with Gasteiger partial charge < -0.3 is 25.0 Å². The summed E-state index contributed by atoms with van der Waals surface area (Å²) in [6, 6.07) is 10.8. The first-order valence-electron chi connectivity index (χ1n) is 16.5. The van der Waals surface area contributed by atoms with Gasteiger partial charge in [-0.1, -0.05) is 18.2 Å². The second-order valence-electron chi connectivity index (χ2n) is 13.7. The number of hydrogen-bond acceptors (Lipinski definition) is 10. The smallest absolute Gasteiger partial charge is 0.310 e. The number of aliphatic hydroxyl groups is 1. The van der Waals surface area contributed by atoms with Gasteiger partial charge in [-0.25, -0.2) is 8.42 Å². The monoisotopic (exact) mass is 692 g/mol. The fourth-order valence-corrected chi connectivity index (χ4v) is 8.42. The van der Waals surface area contributed by atoms with E-state index in [-0.39, 0.29) is 30.5 Å². The summed E-state index contributed by atoms with van der Waals surface area (Å²) in [5.74, 6) is -0.309. The summed E-state index contributed by atoms with van der Waals surface area (Å²) in [5, 5.41) is 31.3. The number of hydrogen-bond donors (Lipinski definition) is 3. The van der Waals surface area contributed by atoms with Crippen molar-refractivity contribution in [2.75, 3.05) is 38.2 Å². The van der Waals surface area contributed by atoms with Crippen LogP contribution in [0.1, 0.15) is 72.7 Å². The lowest BCUT2D eigenvalue weighted by Crippen LogP contribution is -2.50. The van der Waals surface area contributed by atoms with Crippen LogP contribution < -0.4 is 10.1 Å². The largest absolute Gasteiger partial charge is 0.481 e. The number of pyridine rings is 2. The van der Waals surface area contributed by atoms with Crippen LogP contribution >= 0.6 is 0 Å². The molecule has 0 bridgehead atoms. The number of carboxylic acid groups (broad SMARTS) is 1. The van der Waals surface area contributed by atoms with E-state index in [0.717, 1.165) is 33.6 Å². The Morgan fingerprint density at radius 1 is 1.10 bits per heavy atom. The number of aromatic nitrogens is 4. The predicted molar refractivity (Wildman–Crippen MR) is 182 cm³/mol. The summed E-state index contributed by atoms with van der Waals surface area (Å²) >= 11 is 0. The molecule has 1 aromatic carbocycles.